The summed E-state index contributed by atoms with van der Waals surface area (Å²) in [5.41, 5.74) is 1.62. The Bertz CT molecular complexity index is 484. The highest BCUT2D eigenvalue weighted by atomic mass is 19.1. The van der Waals surface area contributed by atoms with E-state index in [1.54, 1.807) is 6.07 Å². The van der Waals surface area contributed by atoms with Gasteiger partial charge in [0, 0.05) is 13.1 Å². The van der Waals surface area contributed by atoms with Crippen LogP contribution < -0.4 is 10.6 Å². The Kier molecular flexibility index (Phi) is 6.15. The summed E-state index contributed by atoms with van der Waals surface area (Å²) in [5, 5.41) is 15.2. The van der Waals surface area contributed by atoms with E-state index in [4.69, 9.17) is 0 Å². The van der Waals surface area contributed by atoms with Crippen molar-refractivity contribution in [3.05, 3.63) is 35.1 Å². The Morgan fingerprint density at radius 3 is 2.57 bits per heavy atom. The van der Waals surface area contributed by atoms with Gasteiger partial charge >= 0.3 is 6.03 Å². The zero-order chi connectivity index (χ0) is 16.0. The molecule has 21 heavy (non-hydrogen) atoms. The number of nitrogens with one attached hydrogen (secondary N) is 2. The number of rotatable bonds is 5. The van der Waals surface area contributed by atoms with Crippen molar-refractivity contribution < 1.29 is 14.3 Å². The van der Waals surface area contributed by atoms with Gasteiger partial charge in [0.15, 0.2) is 0 Å². The Balaban J connectivity index is 2.31. The number of amides is 2. The van der Waals surface area contributed by atoms with Crippen LogP contribution >= 0.6 is 0 Å². The van der Waals surface area contributed by atoms with Crippen LogP contribution in [0.2, 0.25) is 0 Å². The van der Waals surface area contributed by atoms with Gasteiger partial charge in [-0.2, -0.15) is 0 Å². The third-order valence-electron chi connectivity index (χ3n) is 3.44. The lowest BCUT2D eigenvalue weighted by molar-refractivity contribution is 0.0650. The average Bonchev–Trinajstić information content (AvgIpc) is 2.37. The van der Waals surface area contributed by atoms with E-state index in [0.29, 0.717) is 13.0 Å². The van der Waals surface area contributed by atoms with Gasteiger partial charge in [0.2, 0.25) is 0 Å². The zero-order valence-corrected chi connectivity index (χ0v) is 13.2. The van der Waals surface area contributed by atoms with Gasteiger partial charge in [-0.25, -0.2) is 9.18 Å². The summed E-state index contributed by atoms with van der Waals surface area (Å²) in [7, 11) is 0. The number of carbonyl (C=O) groups excluding carboxylic acids is 1. The number of benzene rings is 1. The van der Waals surface area contributed by atoms with E-state index in [2.05, 4.69) is 10.6 Å². The maximum Gasteiger partial charge on any atom is 0.314 e. The number of aliphatic hydroxyl groups excluding tert-OH is 1. The van der Waals surface area contributed by atoms with E-state index in [1.165, 1.54) is 12.1 Å². The van der Waals surface area contributed by atoms with E-state index >= 15 is 0 Å². The fourth-order valence-electron chi connectivity index (χ4n) is 1.81. The number of urea groups is 1. The minimum atomic E-state index is -0.595. The van der Waals surface area contributed by atoms with Crippen LogP contribution in [0, 0.1) is 18.2 Å². The molecule has 1 aromatic carbocycles. The molecule has 1 rings (SSSR count). The Labute approximate surface area is 125 Å². The molecule has 118 valence electrons. The largest absolute Gasteiger partial charge is 0.391 e. The van der Waals surface area contributed by atoms with Crippen LogP contribution in [0.1, 0.15) is 31.9 Å². The van der Waals surface area contributed by atoms with Crippen LogP contribution in [-0.4, -0.2) is 30.3 Å². The van der Waals surface area contributed by atoms with Crippen LogP contribution in [0.3, 0.4) is 0 Å². The van der Waals surface area contributed by atoms with Crippen molar-refractivity contribution in [2.45, 2.75) is 40.2 Å². The van der Waals surface area contributed by atoms with Crippen LogP contribution in [0.25, 0.3) is 0 Å². The van der Waals surface area contributed by atoms with Gasteiger partial charge in [-0.05, 0) is 42.0 Å². The standard InChI is InChI=1S/C16H25FN2O2/c1-11-9-13(17)6-5-12(11)7-8-18-15(21)19-10-14(20)16(2,3)4/h5-6,9,14,20H,7-8,10H2,1-4H3,(H2,18,19,21). The molecule has 5 heteroatoms. The molecule has 3 N–H and O–H groups in total. The van der Waals surface area contributed by atoms with E-state index < -0.39 is 6.10 Å². The lowest BCUT2D eigenvalue weighted by Gasteiger charge is -2.25. The molecule has 0 saturated carbocycles. The smallest absolute Gasteiger partial charge is 0.314 e. The summed E-state index contributed by atoms with van der Waals surface area (Å²) < 4.78 is 13.0. The maximum atomic E-state index is 13.0. The molecule has 0 aromatic heterocycles. The van der Waals surface area contributed by atoms with Gasteiger partial charge in [0.05, 0.1) is 6.10 Å². The molecule has 0 radical (unpaired) electrons. The molecule has 0 aliphatic rings. The van der Waals surface area contributed by atoms with Crippen LogP contribution in [-0.2, 0) is 6.42 Å². The fourth-order valence-corrected chi connectivity index (χ4v) is 1.81. The van der Waals surface area contributed by atoms with Crippen LogP contribution in [0.5, 0.6) is 0 Å². The summed E-state index contributed by atoms with van der Waals surface area (Å²) in [5.74, 6) is -0.252. The molecule has 1 unspecified atom stereocenters. The number of halogens is 1. The number of aliphatic hydroxyl groups is 1. The highest BCUT2D eigenvalue weighted by molar-refractivity contribution is 5.73. The van der Waals surface area contributed by atoms with E-state index in [9.17, 15) is 14.3 Å². The quantitative estimate of drug-likeness (QED) is 0.781. The predicted octanol–water partition coefficient (Wildman–Crippen LogP) is 2.38. The van der Waals surface area contributed by atoms with Crippen molar-refractivity contribution >= 4 is 6.03 Å². The molecular weight excluding hydrogens is 271 g/mol. The lowest BCUT2D eigenvalue weighted by Crippen LogP contribution is -2.44. The first-order chi connectivity index (χ1) is 9.70. The minimum absolute atomic E-state index is 0.213. The second-order valence-corrected chi connectivity index (χ2v) is 6.34. The Morgan fingerprint density at radius 2 is 2.00 bits per heavy atom. The van der Waals surface area contributed by atoms with Crippen molar-refractivity contribution in [2.75, 3.05) is 13.1 Å². The van der Waals surface area contributed by atoms with Crippen molar-refractivity contribution in [3.8, 4) is 0 Å². The first-order valence-electron chi connectivity index (χ1n) is 7.15. The van der Waals surface area contributed by atoms with Crippen LogP contribution in [0.15, 0.2) is 18.2 Å². The summed E-state index contributed by atoms with van der Waals surface area (Å²) in [6, 6.07) is 4.32. The molecule has 0 aliphatic carbocycles. The molecule has 0 spiro atoms. The number of carbonyl (C=O) groups is 1. The molecule has 0 heterocycles. The highest BCUT2D eigenvalue weighted by Crippen LogP contribution is 2.18. The summed E-state index contributed by atoms with van der Waals surface area (Å²) in [4.78, 5) is 11.6. The molecule has 0 bridgehead atoms. The third-order valence-corrected chi connectivity index (χ3v) is 3.44. The molecule has 1 aromatic rings. The van der Waals surface area contributed by atoms with Crippen molar-refractivity contribution in [1.29, 1.82) is 0 Å². The SMILES string of the molecule is Cc1cc(F)ccc1CCNC(=O)NCC(O)C(C)(C)C. The van der Waals surface area contributed by atoms with Crippen LogP contribution in [0.4, 0.5) is 9.18 Å². The topological polar surface area (TPSA) is 61.4 Å². The molecule has 4 nitrogen and oxygen atoms in total. The van der Waals surface area contributed by atoms with E-state index in [1.807, 2.05) is 27.7 Å². The lowest BCUT2D eigenvalue weighted by atomic mass is 9.89. The van der Waals surface area contributed by atoms with Gasteiger partial charge in [-0.1, -0.05) is 26.8 Å². The maximum absolute atomic E-state index is 13.0. The number of hydrogen-bond donors (Lipinski definition) is 3. The molecular formula is C16H25FN2O2. The molecule has 0 saturated heterocycles. The zero-order valence-electron chi connectivity index (χ0n) is 13.2. The van der Waals surface area contributed by atoms with Gasteiger partial charge in [-0.3, -0.25) is 0 Å². The average molecular weight is 296 g/mol. The van der Waals surface area contributed by atoms with Crippen molar-refractivity contribution in [1.82, 2.24) is 10.6 Å². The second kappa shape index (κ2) is 7.41. The number of hydrogen-bond acceptors (Lipinski definition) is 2. The summed E-state index contributed by atoms with van der Waals surface area (Å²) in [6.45, 7) is 8.25. The molecule has 1 atom stereocenters. The van der Waals surface area contributed by atoms with Crippen molar-refractivity contribution in [2.24, 2.45) is 5.41 Å². The van der Waals surface area contributed by atoms with Crippen molar-refractivity contribution in [3.63, 3.8) is 0 Å². The highest BCUT2D eigenvalue weighted by Gasteiger charge is 2.22. The monoisotopic (exact) mass is 296 g/mol. The first kappa shape index (κ1) is 17.4. The minimum Gasteiger partial charge on any atom is -0.391 e. The molecule has 2 amide bonds. The van der Waals surface area contributed by atoms with Gasteiger partial charge in [-0.15, -0.1) is 0 Å². The summed E-state index contributed by atoms with van der Waals surface area (Å²) >= 11 is 0. The first-order valence-corrected chi connectivity index (χ1v) is 7.15. The van der Waals surface area contributed by atoms with E-state index in [-0.39, 0.29) is 23.8 Å². The second-order valence-electron chi connectivity index (χ2n) is 6.34. The fraction of sp³-hybridized carbons (Fsp3) is 0.562. The third kappa shape index (κ3) is 6.12. The Hall–Kier alpha value is -1.62. The summed E-state index contributed by atoms with van der Waals surface area (Å²) in [6.07, 6.45) is 0.0454. The Morgan fingerprint density at radius 1 is 1.33 bits per heavy atom. The van der Waals surface area contributed by atoms with Gasteiger partial charge in [0.25, 0.3) is 0 Å². The van der Waals surface area contributed by atoms with Gasteiger partial charge < -0.3 is 15.7 Å². The normalized spacial score (nSPS) is 12.9. The molecule has 0 aliphatic heterocycles. The van der Waals surface area contributed by atoms with Gasteiger partial charge in [0.1, 0.15) is 5.82 Å². The number of aryl methyl sites for hydroxylation is 1. The predicted molar refractivity (Wildman–Crippen MR) is 81.7 cm³/mol. The van der Waals surface area contributed by atoms with E-state index in [0.717, 1.165) is 11.1 Å². The molecule has 0 fully saturated rings.